The van der Waals surface area contributed by atoms with Crippen LogP contribution < -0.4 is 5.73 Å². The summed E-state index contributed by atoms with van der Waals surface area (Å²) < 4.78 is 1.04. The molecule has 2 aromatic carbocycles. The van der Waals surface area contributed by atoms with Crippen molar-refractivity contribution in [1.82, 2.24) is 0 Å². The lowest BCUT2D eigenvalue weighted by atomic mass is 9.93. The average Bonchev–Trinajstić information content (AvgIpc) is 2.36. The highest BCUT2D eigenvalue weighted by atomic mass is 79.9. The van der Waals surface area contributed by atoms with Gasteiger partial charge in [-0.15, -0.1) is 0 Å². The molecular formula is C16H17BrClN. The van der Waals surface area contributed by atoms with Crippen molar-refractivity contribution in [2.24, 2.45) is 5.73 Å². The highest BCUT2D eigenvalue weighted by Crippen LogP contribution is 2.31. The van der Waals surface area contributed by atoms with E-state index < -0.39 is 0 Å². The summed E-state index contributed by atoms with van der Waals surface area (Å²) in [5.41, 5.74) is 12.0. The lowest BCUT2D eigenvalue weighted by Gasteiger charge is -2.18. The van der Waals surface area contributed by atoms with Gasteiger partial charge in [-0.1, -0.05) is 51.3 Å². The molecule has 2 rings (SSSR count). The molecule has 1 unspecified atom stereocenters. The Kier molecular flexibility index (Phi) is 4.34. The SMILES string of the molecule is Cc1ccc(Br)c(C(N)c2cc(C)c(Cl)cc2C)c1. The number of aryl methyl sites for hydroxylation is 3. The van der Waals surface area contributed by atoms with Crippen LogP contribution in [0.3, 0.4) is 0 Å². The molecule has 100 valence electrons. The lowest BCUT2D eigenvalue weighted by Crippen LogP contribution is -2.14. The Labute approximate surface area is 127 Å². The second kappa shape index (κ2) is 5.66. The van der Waals surface area contributed by atoms with Crippen molar-refractivity contribution in [3.05, 3.63) is 67.6 Å². The fraction of sp³-hybridized carbons (Fsp3) is 0.250. The molecule has 1 atom stereocenters. The maximum atomic E-state index is 6.43. The average molecular weight is 339 g/mol. The largest absolute Gasteiger partial charge is 0.320 e. The van der Waals surface area contributed by atoms with Crippen molar-refractivity contribution in [1.29, 1.82) is 0 Å². The summed E-state index contributed by atoms with van der Waals surface area (Å²) >= 11 is 9.72. The standard InChI is InChI=1S/C16H17BrClN/c1-9-4-5-14(17)13(6-9)16(19)12-7-11(3)15(18)8-10(12)2/h4-8,16H,19H2,1-3H3. The van der Waals surface area contributed by atoms with Crippen LogP contribution in [0.1, 0.15) is 33.9 Å². The van der Waals surface area contributed by atoms with Crippen molar-refractivity contribution in [3.63, 3.8) is 0 Å². The van der Waals surface area contributed by atoms with Crippen molar-refractivity contribution < 1.29 is 0 Å². The van der Waals surface area contributed by atoms with Gasteiger partial charge >= 0.3 is 0 Å². The molecule has 0 aliphatic rings. The van der Waals surface area contributed by atoms with E-state index in [2.05, 4.69) is 41.1 Å². The van der Waals surface area contributed by atoms with Crippen LogP contribution in [0.2, 0.25) is 5.02 Å². The molecule has 3 heteroatoms. The molecule has 0 saturated carbocycles. The fourth-order valence-corrected chi connectivity index (χ4v) is 2.92. The maximum Gasteiger partial charge on any atom is 0.0565 e. The first-order valence-corrected chi connectivity index (χ1v) is 7.35. The molecule has 0 aromatic heterocycles. The van der Waals surface area contributed by atoms with E-state index in [0.29, 0.717) is 0 Å². The molecule has 0 aliphatic heterocycles. The van der Waals surface area contributed by atoms with E-state index in [-0.39, 0.29) is 6.04 Å². The smallest absolute Gasteiger partial charge is 0.0565 e. The molecule has 1 nitrogen and oxygen atoms in total. The van der Waals surface area contributed by atoms with Gasteiger partial charge in [0.05, 0.1) is 6.04 Å². The normalized spacial score (nSPS) is 12.5. The first-order chi connectivity index (χ1) is 8.90. The summed E-state index contributed by atoms with van der Waals surface area (Å²) in [7, 11) is 0. The van der Waals surface area contributed by atoms with Crippen LogP contribution in [-0.2, 0) is 0 Å². The highest BCUT2D eigenvalue weighted by Gasteiger charge is 2.15. The zero-order valence-electron chi connectivity index (χ0n) is 11.3. The number of hydrogen-bond donors (Lipinski definition) is 1. The van der Waals surface area contributed by atoms with E-state index in [0.717, 1.165) is 31.7 Å². The monoisotopic (exact) mass is 337 g/mol. The first kappa shape index (κ1) is 14.6. The molecule has 0 fully saturated rings. The van der Waals surface area contributed by atoms with Gasteiger partial charge in [0.25, 0.3) is 0 Å². The van der Waals surface area contributed by atoms with Crippen LogP contribution >= 0.6 is 27.5 Å². The van der Waals surface area contributed by atoms with Crippen molar-refractivity contribution in [3.8, 4) is 0 Å². The van der Waals surface area contributed by atoms with Gasteiger partial charge in [0.1, 0.15) is 0 Å². The van der Waals surface area contributed by atoms with E-state index in [9.17, 15) is 0 Å². The Hall–Kier alpha value is -0.830. The Morgan fingerprint density at radius 3 is 2.37 bits per heavy atom. The van der Waals surface area contributed by atoms with Crippen LogP contribution in [0.15, 0.2) is 34.8 Å². The van der Waals surface area contributed by atoms with Crippen LogP contribution in [0.4, 0.5) is 0 Å². The fourth-order valence-electron chi connectivity index (χ4n) is 2.21. The third-order valence-electron chi connectivity index (χ3n) is 3.37. The van der Waals surface area contributed by atoms with Crippen molar-refractivity contribution in [2.75, 3.05) is 0 Å². The predicted octanol–water partition coefficient (Wildman–Crippen LogP) is 5.08. The van der Waals surface area contributed by atoms with Crippen LogP contribution in [0, 0.1) is 20.8 Å². The summed E-state index contributed by atoms with van der Waals surface area (Å²) in [5, 5.41) is 0.789. The Balaban J connectivity index is 2.52. The number of halogens is 2. The van der Waals surface area contributed by atoms with Crippen LogP contribution in [0.25, 0.3) is 0 Å². The van der Waals surface area contributed by atoms with Crippen molar-refractivity contribution in [2.45, 2.75) is 26.8 Å². The van der Waals surface area contributed by atoms with Gasteiger partial charge in [0, 0.05) is 9.50 Å². The molecule has 0 amide bonds. The number of rotatable bonds is 2. The van der Waals surface area contributed by atoms with Gasteiger partial charge in [-0.2, -0.15) is 0 Å². The molecule has 0 bridgehead atoms. The minimum Gasteiger partial charge on any atom is -0.320 e. The van der Waals surface area contributed by atoms with Gasteiger partial charge in [-0.25, -0.2) is 0 Å². The van der Waals surface area contributed by atoms with Gasteiger partial charge < -0.3 is 5.73 Å². The lowest BCUT2D eigenvalue weighted by molar-refractivity contribution is 0.853. The summed E-state index contributed by atoms with van der Waals surface area (Å²) in [6.45, 7) is 6.12. The molecule has 2 aromatic rings. The zero-order chi connectivity index (χ0) is 14.2. The molecule has 0 aliphatic carbocycles. The summed E-state index contributed by atoms with van der Waals surface area (Å²) in [6.07, 6.45) is 0. The minimum absolute atomic E-state index is 0.148. The van der Waals surface area contributed by atoms with Crippen LogP contribution in [-0.4, -0.2) is 0 Å². The molecule has 2 N–H and O–H groups in total. The topological polar surface area (TPSA) is 26.0 Å². The molecule has 0 heterocycles. The molecule has 0 spiro atoms. The second-order valence-electron chi connectivity index (χ2n) is 4.96. The third-order valence-corrected chi connectivity index (χ3v) is 4.50. The van der Waals surface area contributed by atoms with Crippen molar-refractivity contribution >= 4 is 27.5 Å². The van der Waals surface area contributed by atoms with E-state index in [4.69, 9.17) is 17.3 Å². The number of hydrogen-bond acceptors (Lipinski definition) is 1. The predicted molar refractivity (Wildman–Crippen MR) is 85.8 cm³/mol. The third kappa shape index (κ3) is 3.02. The summed E-state index contributed by atoms with van der Waals surface area (Å²) in [6, 6.07) is 10.2. The zero-order valence-corrected chi connectivity index (χ0v) is 13.6. The Morgan fingerprint density at radius 2 is 1.68 bits per heavy atom. The van der Waals surface area contributed by atoms with E-state index >= 15 is 0 Å². The summed E-state index contributed by atoms with van der Waals surface area (Å²) in [4.78, 5) is 0. The minimum atomic E-state index is -0.148. The Morgan fingerprint density at radius 1 is 1.00 bits per heavy atom. The quantitative estimate of drug-likeness (QED) is 0.812. The molecule has 19 heavy (non-hydrogen) atoms. The maximum absolute atomic E-state index is 6.43. The Bertz CT molecular complexity index is 622. The molecular weight excluding hydrogens is 322 g/mol. The van der Waals surface area contributed by atoms with Crippen LogP contribution in [0.5, 0.6) is 0 Å². The number of nitrogens with two attached hydrogens (primary N) is 1. The second-order valence-corrected chi connectivity index (χ2v) is 6.22. The van der Waals surface area contributed by atoms with E-state index in [1.54, 1.807) is 0 Å². The molecule has 0 saturated heterocycles. The highest BCUT2D eigenvalue weighted by molar-refractivity contribution is 9.10. The van der Waals surface area contributed by atoms with E-state index in [1.165, 1.54) is 5.56 Å². The molecule has 0 radical (unpaired) electrons. The summed E-state index contributed by atoms with van der Waals surface area (Å²) in [5.74, 6) is 0. The first-order valence-electron chi connectivity index (χ1n) is 6.18. The van der Waals surface area contributed by atoms with E-state index in [1.807, 2.05) is 26.0 Å². The number of benzene rings is 2. The van der Waals surface area contributed by atoms with Gasteiger partial charge in [0.2, 0.25) is 0 Å². The van der Waals surface area contributed by atoms with Gasteiger partial charge in [-0.05, 0) is 55.2 Å². The van der Waals surface area contributed by atoms with Gasteiger partial charge in [0.15, 0.2) is 0 Å². The van der Waals surface area contributed by atoms with Gasteiger partial charge in [-0.3, -0.25) is 0 Å².